The maximum atomic E-state index is 12.0. The minimum absolute atomic E-state index is 0.119. The minimum atomic E-state index is -0.827. The predicted molar refractivity (Wildman–Crippen MR) is 79.0 cm³/mol. The number of anilines is 1. The first-order chi connectivity index (χ1) is 9.63. The van der Waals surface area contributed by atoms with Crippen LogP contribution in [0.15, 0.2) is 24.3 Å². The summed E-state index contributed by atoms with van der Waals surface area (Å²) in [5.41, 5.74) is 1.22. The number of hydrogen-bond acceptors (Lipinski definition) is 3. The second-order valence-electron chi connectivity index (χ2n) is 6.01. The number of aryl methyl sites for hydroxylation is 1. The number of benzene rings is 1. The number of carboxylic acid groups (broad SMARTS) is 1. The van der Waals surface area contributed by atoms with Crippen molar-refractivity contribution in [2.24, 2.45) is 0 Å². The van der Waals surface area contributed by atoms with Gasteiger partial charge in [0.1, 0.15) is 0 Å². The number of nitrogens with one attached hydrogen (secondary N) is 1. The maximum absolute atomic E-state index is 12.0. The van der Waals surface area contributed by atoms with E-state index < -0.39 is 11.5 Å². The molecule has 2 aliphatic rings. The van der Waals surface area contributed by atoms with Crippen molar-refractivity contribution in [1.29, 1.82) is 0 Å². The van der Waals surface area contributed by atoms with E-state index in [0.717, 1.165) is 37.2 Å². The molecule has 2 heterocycles. The fraction of sp³-hybridized carbons (Fsp3) is 0.562. The van der Waals surface area contributed by atoms with Gasteiger partial charge in [0.25, 0.3) is 0 Å². The normalized spacial score (nSPS) is 29.9. The summed E-state index contributed by atoms with van der Waals surface area (Å²) >= 11 is 0. The number of nitrogens with zero attached hydrogens (tertiary/aromatic N) is 1. The van der Waals surface area contributed by atoms with Crippen LogP contribution in [-0.2, 0) is 4.79 Å². The lowest BCUT2D eigenvalue weighted by atomic mass is 9.85. The molecule has 4 nitrogen and oxygen atoms in total. The Morgan fingerprint density at radius 1 is 1.35 bits per heavy atom. The molecular weight excluding hydrogens is 252 g/mol. The summed E-state index contributed by atoms with van der Waals surface area (Å²) in [5.74, 6) is -0.713. The van der Waals surface area contributed by atoms with Crippen molar-refractivity contribution in [2.75, 3.05) is 18.4 Å². The minimum Gasteiger partial charge on any atom is -0.479 e. The van der Waals surface area contributed by atoms with Crippen molar-refractivity contribution >= 4 is 11.7 Å². The molecule has 108 valence electrons. The van der Waals surface area contributed by atoms with E-state index in [0.29, 0.717) is 6.42 Å². The zero-order chi connectivity index (χ0) is 14.2. The molecule has 2 fully saturated rings. The van der Waals surface area contributed by atoms with Gasteiger partial charge in [-0.25, -0.2) is 4.79 Å². The van der Waals surface area contributed by atoms with Crippen LogP contribution in [0.3, 0.4) is 0 Å². The summed E-state index contributed by atoms with van der Waals surface area (Å²) in [6, 6.07) is 8.05. The molecule has 4 heteroatoms. The molecular formula is C16H22N2O2. The fourth-order valence-corrected chi connectivity index (χ4v) is 3.71. The number of hydrogen-bond donors (Lipinski definition) is 2. The Bertz CT molecular complexity index is 517. The molecule has 3 rings (SSSR count). The summed E-state index contributed by atoms with van der Waals surface area (Å²) in [7, 11) is 0. The van der Waals surface area contributed by atoms with Crippen LogP contribution in [-0.4, -0.2) is 40.6 Å². The van der Waals surface area contributed by atoms with E-state index in [1.165, 1.54) is 6.42 Å². The molecule has 2 aliphatic heterocycles. The molecule has 0 aromatic heterocycles. The molecule has 2 N–H and O–H groups in total. The summed E-state index contributed by atoms with van der Waals surface area (Å²) in [6.07, 6.45) is 3.98. The molecule has 2 saturated heterocycles. The van der Waals surface area contributed by atoms with Gasteiger partial charge in [0.2, 0.25) is 0 Å². The highest BCUT2D eigenvalue weighted by molar-refractivity contribution is 5.85. The number of para-hydroxylation sites is 1. The Labute approximate surface area is 119 Å². The van der Waals surface area contributed by atoms with Gasteiger partial charge in [0, 0.05) is 18.3 Å². The van der Waals surface area contributed by atoms with E-state index >= 15 is 0 Å². The van der Waals surface area contributed by atoms with Gasteiger partial charge in [-0.1, -0.05) is 24.6 Å². The van der Waals surface area contributed by atoms with Crippen molar-refractivity contribution in [2.45, 2.75) is 44.2 Å². The molecule has 0 saturated carbocycles. The SMILES string of the molecule is Cc1ccccc1NC1(C(=O)O)CCN2CCCCC21. The third-order valence-electron chi connectivity index (χ3n) is 4.86. The topological polar surface area (TPSA) is 52.6 Å². The molecule has 0 amide bonds. The van der Waals surface area contributed by atoms with Gasteiger partial charge < -0.3 is 10.4 Å². The van der Waals surface area contributed by atoms with Gasteiger partial charge in [0.05, 0.1) is 0 Å². The van der Waals surface area contributed by atoms with Crippen molar-refractivity contribution < 1.29 is 9.90 Å². The molecule has 1 aromatic rings. The zero-order valence-electron chi connectivity index (χ0n) is 11.9. The lowest BCUT2D eigenvalue weighted by Crippen LogP contribution is -2.57. The number of aliphatic carboxylic acids is 1. The van der Waals surface area contributed by atoms with E-state index in [-0.39, 0.29) is 6.04 Å². The smallest absolute Gasteiger partial charge is 0.331 e. The number of carboxylic acids is 1. The number of carbonyl (C=O) groups is 1. The third kappa shape index (κ3) is 2.08. The molecule has 2 unspecified atom stereocenters. The predicted octanol–water partition coefficient (Wildman–Crippen LogP) is 2.49. The van der Waals surface area contributed by atoms with Crippen molar-refractivity contribution in [3.8, 4) is 0 Å². The van der Waals surface area contributed by atoms with Crippen LogP contribution in [0.4, 0.5) is 5.69 Å². The lowest BCUT2D eigenvalue weighted by Gasteiger charge is -2.39. The summed E-state index contributed by atoms with van der Waals surface area (Å²) in [4.78, 5) is 14.4. The van der Waals surface area contributed by atoms with Crippen LogP contribution in [0.5, 0.6) is 0 Å². The highest BCUT2D eigenvalue weighted by atomic mass is 16.4. The van der Waals surface area contributed by atoms with Crippen LogP contribution in [0, 0.1) is 6.92 Å². The van der Waals surface area contributed by atoms with Crippen LogP contribution in [0.2, 0.25) is 0 Å². The Morgan fingerprint density at radius 2 is 2.15 bits per heavy atom. The van der Waals surface area contributed by atoms with E-state index in [2.05, 4.69) is 10.2 Å². The Balaban J connectivity index is 1.93. The third-order valence-corrected chi connectivity index (χ3v) is 4.86. The molecule has 0 radical (unpaired) electrons. The van der Waals surface area contributed by atoms with Gasteiger partial charge in [-0.05, 0) is 44.4 Å². The number of rotatable bonds is 3. The largest absolute Gasteiger partial charge is 0.479 e. The van der Waals surface area contributed by atoms with Gasteiger partial charge in [0.15, 0.2) is 5.54 Å². The Hall–Kier alpha value is -1.55. The van der Waals surface area contributed by atoms with Gasteiger partial charge in [-0.15, -0.1) is 0 Å². The van der Waals surface area contributed by atoms with Crippen molar-refractivity contribution in [3.63, 3.8) is 0 Å². The van der Waals surface area contributed by atoms with E-state index in [4.69, 9.17) is 0 Å². The second-order valence-corrected chi connectivity index (χ2v) is 6.01. The molecule has 2 atom stereocenters. The highest BCUT2D eigenvalue weighted by Crippen LogP contribution is 2.38. The van der Waals surface area contributed by atoms with E-state index in [1.54, 1.807) is 0 Å². The standard InChI is InChI=1S/C16H22N2O2/c1-12-6-2-3-7-13(12)17-16(15(19)20)9-11-18-10-5-4-8-14(16)18/h2-3,6-7,14,17H,4-5,8-11H2,1H3,(H,19,20). The molecule has 20 heavy (non-hydrogen) atoms. The first kappa shape index (κ1) is 13.4. The Morgan fingerprint density at radius 3 is 2.90 bits per heavy atom. The summed E-state index contributed by atoms with van der Waals surface area (Å²) < 4.78 is 0. The van der Waals surface area contributed by atoms with Crippen LogP contribution in [0.1, 0.15) is 31.2 Å². The second kappa shape index (κ2) is 5.09. The van der Waals surface area contributed by atoms with Gasteiger partial charge in [-0.3, -0.25) is 4.90 Å². The van der Waals surface area contributed by atoms with Crippen molar-refractivity contribution in [3.05, 3.63) is 29.8 Å². The lowest BCUT2D eigenvalue weighted by molar-refractivity contribution is -0.143. The summed E-state index contributed by atoms with van der Waals surface area (Å²) in [6.45, 7) is 3.94. The Kier molecular flexibility index (Phi) is 3.42. The molecule has 0 spiro atoms. The molecule has 0 bridgehead atoms. The van der Waals surface area contributed by atoms with Gasteiger partial charge >= 0.3 is 5.97 Å². The van der Waals surface area contributed by atoms with Gasteiger partial charge in [-0.2, -0.15) is 0 Å². The quantitative estimate of drug-likeness (QED) is 0.889. The van der Waals surface area contributed by atoms with E-state index in [9.17, 15) is 9.90 Å². The van der Waals surface area contributed by atoms with Crippen molar-refractivity contribution in [1.82, 2.24) is 4.90 Å². The van der Waals surface area contributed by atoms with E-state index in [1.807, 2.05) is 31.2 Å². The molecule has 1 aromatic carbocycles. The monoisotopic (exact) mass is 274 g/mol. The zero-order valence-corrected chi connectivity index (χ0v) is 11.9. The van der Waals surface area contributed by atoms with Crippen LogP contribution >= 0.6 is 0 Å². The first-order valence-electron chi connectivity index (χ1n) is 7.45. The van der Waals surface area contributed by atoms with Crippen LogP contribution < -0.4 is 5.32 Å². The fourth-order valence-electron chi connectivity index (χ4n) is 3.71. The average Bonchev–Trinajstić information content (AvgIpc) is 2.82. The number of fused-ring (bicyclic) bond motifs is 1. The molecule has 0 aliphatic carbocycles. The maximum Gasteiger partial charge on any atom is 0.331 e. The highest BCUT2D eigenvalue weighted by Gasteiger charge is 2.53. The first-order valence-corrected chi connectivity index (χ1v) is 7.45. The van der Waals surface area contributed by atoms with Crippen LogP contribution in [0.25, 0.3) is 0 Å². The summed E-state index contributed by atoms with van der Waals surface area (Å²) in [5, 5.41) is 13.2. The number of piperidine rings is 1. The average molecular weight is 274 g/mol.